The minimum atomic E-state index is -4.47. The van der Waals surface area contributed by atoms with E-state index in [2.05, 4.69) is 0 Å². The van der Waals surface area contributed by atoms with Crippen LogP contribution in [0.1, 0.15) is 0 Å². The van der Waals surface area contributed by atoms with Crippen molar-refractivity contribution < 1.29 is 16.8 Å². The Kier molecular flexibility index (Phi) is 3.53. The average Bonchev–Trinajstić information content (AvgIpc) is 2.75. The molecule has 0 spiro atoms. The smallest absolute Gasteiger partial charge is 0.207 e. The number of benzene rings is 4. The molecule has 0 unspecified atom stereocenters. The molecule has 0 bridgehead atoms. The first kappa shape index (κ1) is 17.4. The second-order valence-corrected chi connectivity index (χ2v) is 10.4. The number of rotatable bonds is 0. The van der Waals surface area contributed by atoms with Crippen molar-refractivity contribution in [3.63, 3.8) is 0 Å². The molecule has 0 aliphatic carbocycles. The van der Waals surface area contributed by atoms with Crippen LogP contribution >= 0.6 is 0 Å². The number of hydrogen-bond donors (Lipinski definition) is 0. The van der Waals surface area contributed by atoms with E-state index in [0.717, 1.165) is 10.8 Å². The molecule has 0 saturated heterocycles. The molecule has 0 N–H and O–H groups in total. The van der Waals surface area contributed by atoms with Gasteiger partial charge in [-0.25, -0.2) is 16.8 Å². The van der Waals surface area contributed by atoms with E-state index in [4.69, 9.17) is 7.98 Å². The van der Waals surface area contributed by atoms with E-state index in [9.17, 15) is 16.8 Å². The van der Waals surface area contributed by atoms with Gasteiger partial charge in [-0.15, -0.1) is 3.62 Å². The molecule has 0 atom stereocenters. The van der Waals surface area contributed by atoms with Crippen LogP contribution in [0.4, 0.5) is 0 Å². The lowest BCUT2D eigenvalue weighted by molar-refractivity contribution is 0.554. The van der Waals surface area contributed by atoms with Gasteiger partial charge in [-0.1, -0.05) is 60.7 Å². The first-order valence-electron chi connectivity index (χ1n) is 8.42. The Bertz CT molecular complexity index is 1400. The van der Waals surface area contributed by atoms with E-state index >= 15 is 0 Å². The van der Waals surface area contributed by atoms with E-state index in [0.29, 0.717) is 21.9 Å². The van der Waals surface area contributed by atoms with E-state index in [-0.39, 0.29) is 13.4 Å². The zero-order valence-corrected chi connectivity index (χ0v) is 16.0. The normalized spacial score (nSPS) is 17.7. The highest BCUT2D eigenvalue weighted by Gasteiger charge is 2.40. The van der Waals surface area contributed by atoms with Crippen molar-refractivity contribution in [2.75, 3.05) is 0 Å². The molecule has 0 fully saturated rings. The van der Waals surface area contributed by atoms with Gasteiger partial charge in [0.15, 0.2) is 0 Å². The molecule has 2 radical (unpaired) electrons. The summed E-state index contributed by atoms with van der Waals surface area (Å²) in [5.41, 5.74) is 0.697. The average molecular weight is 405 g/mol. The topological polar surface area (TPSA) is 71.5 Å². The van der Waals surface area contributed by atoms with Crippen molar-refractivity contribution in [2.45, 2.75) is 9.79 Å². The van der Waals surface area contributed by atoms with Gasteiger partial charge in [-0.3, -0.25) is 0 Å². The minimum Gasteiger partial charge on any atom is -0.207 e. The van der Waals surface area contributed by atoms with Crippen LogP contribution in [0.3, 0.4) is 0 Å². The van der Waals surface area contributed by atoms with Crippen molar-refractivity contribution in [3.8, 4) is 11.1 Å². The van der Waals surface area contributed by atoms with Gasteiger partial charge in [0.05, 0.1) is 9.79 Å². The number of nitrogens with zero attached hydrogens (tertiary/aromatic N) is 1. The Balaban J connectivity index is 2.16. The van der Waals surface area contributed by atoms with E-state index in [1.54, 1.807) is 36.4 Å². The van der Waals surface area contributed by atoms with Gasteiger partial charge in [0.1, 0.15) is 0 Å². The second kappa shape index (κ2) is 5.67. The minimum absolute atomic E-state index is 0.0196. The highest BCUT2D eigenvalue weighted by molar-refractivity contribution is 8.05. The summed E-state index contributed by atoms with van der Waals surface area (Å²) in [6.45, 7) is 0. The Hall–Kier alpha value is -2.68. The monoisotopic (exact) mass is 405 g/mol. The molecule has 8 heteroatoms. The molecule has 0 amide bonds. The predicted molar refractivity (Wildman–Crippen MR) is 109 cm³/mol. The summed E-state index contributed by atoms with van der Waals surface area (Å²) in [5.74, 6) is 0. The fourth-order valence-electron chi connectivity index (χ4n) is 3.77. The van der Waals surface area contributed by atoms with Crippen molar-refractivity contribution in [2.24, 2.45) is 0 Å². The van der Waals surface area contributed by atoms with E-state index < -0.39 is 20.0 Å². The van der Waals surface area contributed by atoms with Crippen LogP contribution in [0.5, 0.6) is 0 Å². The van der Waals surface area contributed by atoms with Crippen molar-refractivity contribution >= 4 is 49.6 Å². The van der Waals surface area contributed by atoms with Gasteiger partial charge in [0.2, 0.25) is 28.0 Å². The Morgan fingerprint density at radius 3 is 1.39 bits per heavy atom. The fraction of sp³-hybridized carbons (Fsp3) is 0. The SMILES string of the molecule is [B]N1S(=O)(=O)c2ccc3ccccc3c2-c2c(ccc3ccccc23)S1(=O)=O. The van der Waals surface area contributed by atoms with Crippen molar-refractivity contribution in [1.82, 2.24) is 3.62 Å². The van der Waals surface area contributed by atoms with Gasteiger partial charge < -0.3 is 0 Å². The van der Waals surface area contributed by atoms with Crippen LogP contribution in [-0.4, -0.2) is 28.4 Å². The van der Waals surface area contributed by atoms with Crippen molar-refractivity contribution in [3.05, 3.63) is 72.8 Å². The molecule has 1 aliphatic rings. The summed E-state index contributed by atoms with van der Waals surface area (Å²) in [5, 5.41) is 2.90. The largest absolute Gasteiger partial charge is 0.245 e. The van der Waals surface area contributed by atoms with Crippen LogP contribution in [0.25, 0.3) is 32.7 Å². The number of hydrogen-bond acceptors (Lipinski definition) is 4. The first-order chi connectivity index (χ1) is 13.3. The lowest BCUT2D eigenvalue weighted by Crippen LogP contribution is -2.33. The van der Waals surface area contributed by atoms with Crippen LogP contribution in [0, 0.1) is 0 Å². The zero-order valence-electron chi connectivity index (χ0n) is 14.4. The quantitative estimate of drug-likeness (QED) is 0.420. The van der Waals surface area contributed by atoms with Crippen LogP contribution in [0.2, 0.25) is 0 Å². The molecule has 28 heavy (non-hydrogen) atoms. The third kappa shape index (κ3) is 2.16. The second-order valence-electron chi connectivity index (χ2n) is 6.56. The van der Waals surface area contributed by atoms with Gasteiger partial charge >= 0.3 is 0 Å². The van der Waals surface area contributed by atoms with Gasteiger partial charge in [-0.2, -0.15) is 0 Å². The Labute approximate surface area is 163 Å². The highest BCUT2D eigenvalue weighted by atomic mass is 32.3. The van der Waals surface area contributed by atoms with E-state index in [1.165, 1.54) is 12.1 Å². The van der Waals surface area contributed by atoms with Crippen molar-refractivity contribution in [1.29, 1.82) is 0 Å². The third-order valence-corrected chi connectivity index (χ3v) is 8.98. The molecule has 4 aromatic rings. The highest BCUT2D eigenvalue weighted by Crippen LogP contribution is 2.46. The predicted octanol–water partition coefficient (Wildman–Crippen LogP) is 3.44. The number of fused-ring (bicyclic) bond motifs is 7. The summed E-state index contributed by atoms with van der Waals surface area (Å²) >= 11 is 0. The Morgan fingerprint density at radius 1 is 0.571 bits per heavy atom. The standard InChI is InChI=1S/C20H12BNO4S2/c21-22-27(23,24)17-11-9-13-5-1-3-7-15(13)19(17)20-16-8-4-2-6-14(16)10-12-18(20)28(22,25)26/h1-12H. The van der Waals surface area contributed by atoms with Crippen LogP contribution in [-0.2, 0) is 20.0 Å². The lowest BCUT2D eigenvalue weighted by atomic mass is 9.94. The van der Waals surface area contributed by atoms with Crippen LogP contribution < -0.4 is 0 Å². The summed E-state index contributed by atoms with van der Waals surface area (Å²) in [4.78, 5) is -0.264. The molecule has 0 saturated carbocycles. The van der Waals surface area contributed by atoms with E-state index in [1.807, 2.05) is 24.3 Å². The molecular weight excluding hydrogens is 393 g/mol. The molecular formula is C20H12BNO4S2. The fourth-order valence-corrected chi connectivity index (χ4v) is 7.09. The lowest BCUT2D eigenvalue weighted by Gasteiger charge is -2.16. The molecule has 136 valence electrons. The van der Waals surface area contributed by atoms with Gasteiger partial charge in [0.25, 0.3) is 0 Å². The molecule has 5 rings (SSSR count). The maximum atomic E-state index is 13.1. The zero-order chi connectivity index (χ0) is 19.7. The molecule has 0 aromatic heterocycles. The van der Waals surface area contributed by atoms with Gasteiger partial charge in [0, 0.05) is 11.1 Å². The first-order valence-corrected chi connectivity index (χ1v) is 11.3. The maximum Gasteiger partial charge on any atom is 0.245 e. The Morgan fingerprint density at radius 2 is 0.964 bits per heavy atom. The summed E-state index contributed by atoms with van der Waals surface area (Å²) in [6.07, 6.45) is 0. The molecule has 1 aliphatic heterocycles. The van der Waals surface area contributed by atoms with Crippen LogP contribution in [0.15, 0.2) is 82.6 Å². The summed E-state index contributed by atoms with van der Waals surface area (Å²) < 4.78 is 52.4. The third-order valence-electron chi connectivity index (χ3n) is 5.06. The summed E-state index contributed by atoms with van der Waals surface area (Å²) in [7, 11) is -3.27. The van der Waals surface area contributed by atoms with Gasteiger partial charge in [-0.05, 0) is 33.7 Å². The summed E-state index contributed by atoms with van der Waals surface area (Å²) in [6, 6.07) is 20.7. The maximum absolute atomic E-state index is 13.1. The molecule has 5 nitrogen and oxygen atoms in total. The number of sulfonamides is 2. The molecule has 4 aromatic carbocycles. The molecule has 1 heterocycles.